The number of methoxy groups -OCH3 is 1. The first kappa shape index (κ1) is 15.1. The zero-order valence-corrected chi connectivity index (χ0v) is 13.0. The van der Waals surface area contributed by atoms with Gasteiger partial charge in [-0.3, -0.25) is 0 Å². The highest BCUT2D eigenvalue weighted by Crippen LogP contribution is 2.52. The fourth-order valence-corrected chi connectivity index (χ4v) is 3.62. The van der Waals surface area contributed by atoms with E-state index in [0.29, 0.717) is 19.1 Å². The molecule has 2 fully saturated rings. The summed E-state index contributed by atoms with van der Waals surface area (Å²) >= 11 is 0. The molecule has 3 atom stereocenters. The molecular weight excluding hydrogens is 278 g/mol. The summed E-state index contributed by atoms with van der Waals surface area (Å²) in [6.07, 6.45) is 4.40. The molecule has 1 saturated carbocycles. The van der Waals surface area contributed by atoms with Crippen LogP contribution in [0.15, 0.2) is 43.0 Å². The van der Waals surface area contributed by atoms with Gasteiger partial charge in [-0.1, -0.05) is 36.4 Å². The molecular formula is C18H23NO3. The van der Waals surface area contributed by atoms with Gasteiger partial charge in [0, 0.05) is 25.6 Å². The number of hydrogen-bond donors (Lipinski definition) is 0. The minimum atomic E-state index is -0.209. The van der Waals surface area contributed by atoms with Crippen molar-refractivity contribution in [2.24, 2.45) is 5.92 Å². The van der Waals surface area contributed by atoms with Crippen LogP contribution in [0.3, 0.4) is 0 Å². The molecule has 0 N–H and O–H groups in total. The number of hydrogen-bond acceptors (Lipinski definition) is 3. The van der Waals surface area contributed by atoms with Crippen LogP contribution in [-0.4, -0.2) is 36.3 Å². The molecule has 2 aliphatic rings. The van der Waals surface area contributed by atoms with Crippen LogP contribution in [0.25, 0.3) is 0 Å². The minimum absolute atomic E-state index is 0.136. The van der Waals surface area contributed by atoms with Gasteiger partial charge in [0.05, 0.1) is 5.60 Å². The first-order valence-corrected chi connectivity index (χ1v) is 7.83. The van der Waals surface area contributed by atoms with Crippen molar-refractivity contribution >= 4 is 6.09 Å². The van der Waals surface area contributed by atoms with Crippen LogP contribution in [0.1, 0.15) is 24.8 Å². The number of carbonyl (C=O) groups excluding carboxylic acids is 1. The van der Waals surface area contributed by atoms with E-state index in [4.69, 9.17) is 9.47 Å². The molecule has 3 rings (SSSR count). The van der Waals surface area contributed by atoms with Crippen molar-refractivity contribution in [3.8, 4) is 0 Å². The van der Waals surface area contributed by atoms with Gasteiger partial charge in [0.2, 0.25) is 0 Å². The Morgan fingerprint density at radius 3 is 2.91 bits per heavy atom. The fraction of sp³-hybridized carbons (Fsp3) is 0.500. The summed E-state index contributed by atoms with van der Waals surface area (Å²) in [5.41, 5.74) is 0.876. The highest BCUT2D eigenvalue weighted by atomic mass is 16.6. The molecule has 4 nitrogen and oxygen atoms in total. The molecule has 0 radical (unpaired) electrons. The number of piperidine rings is 1. The van der Waals surface area contributed by atoms with Crippen LogP contribution in [0.5, 0.6) is 0 Å². The summed E-state index contributed by atoms with van der Waals surface area (Å²) in [6, 6.07) is 10.0. The van der Waals surface area contributed by atoms with Crippen LogP contribution < -0.4 is 0 Å². The number of nitrogens with zero attached hydrogens (tertiary/aromatic N) is 1. The van der Waals surface area contributed by atoms with E-state index in [9.17, 15) is 4.79 Å². The number of ether oxygens (including phenoxy) is 2. The van der Waals surface area contributed by atoms with Crippen molar-refractivity contribution in [1.82, 2.24) is 4.90 Å². The van der Waals surface area contributed by atoms with Gasteiger partial charge in [-0.15, -0.1) is 6.58 Å². The molecule has 1 aliphatic carbocycles. The van der Waals surface area contributed by atoms with Gasteiger partial charge in [-0.05, 0) is 24.8 Å². The Bertz CT molecular complexity index is 545. The van der Waals surface area contributed by atoms with Crippen LogP contribution in [0.4, 0.5) is 4.79 Å². The summed E-state index contributed by atoms with van der Waals surface area (Å²) < 4.78 is 11.2. The van der Waals surface area contributed by atoms with Crippen LogP contribution in [0.2, 0.25) is 0 Å². The average molecular weight is 301 g/mol. The maximum absolute atomic E-state index is 12.3. The lowest BCUT2D eigenvalue weighted by atomic mass is 9.86. The predicted molar refractivity (Wildman–Crippen MR) is 84.4 cm³/mol. The molecule has 1 amide bonds. The smallest absolute Gasteiger partial charge is 0.410 e. The number of rotatable bonds is 5. The lowest BCUT2D eigenvalue weighted by Gasteiger charge is -2.39. The Balaban J connectivity index is 1.57. The van der Waals surface area contributed by atoms with Crippen molar-refractivity contribution in [1.29, 1.82) is 0 Å². The topological polar surface area (TPSA) is 38.8 Å². The lowest BCUT2D eigenvalue weighted by molar-refractivity contribution is -0.0622. The summed E-state index contributed by atoms with van der Waals surface area (Å²) in [4.78, 5) is 14.2. The molecule has 1 saturated heterocycles. The Hall–Kier alpha value is -1.81. The monoisotopic (exact) mass is 301 g/mol. The van der Waals surface area contributed by atoms with Crippen LogP contribution in [0, 0.1) is 5.92 Å². The van der Waals surface area contributed by atoms with Crippen LogP contribution >= 0.6 is 0 Å². The fourth-order valence-electron chi connectivity index (χ4n) is 3.62. The Kier molecular flexibility index (Phi) is 4.21. The largest absolute Gasteiger partial charge is 0.445 e. The molecule has 4 heteroatoms. The van der Waals surface area contributed by atoms with E-state index in [1.54, 1.807) is 7.11 Å². The molecule has 22 heavy (non-hydrogen) atoms. The molecule has 0 bridgehead atoms. The number of amides is 1. The van der Waals surface area contributed by atoms with Crippen molar-refractivity contribution in [3.63, 3.8) is 0 Å². The lowest BCUT2D eigenvalue weighted by Crippen LogP contribution is -2.48. The van der Waals surface area contributed by atoms with Crippen LogP contribution in [-0.2, 0) is 16.1 Å². The Labute approximate surface area is 131 Å². The summed E-state index contributed by atoms with van der Waals surface area (Å²) in [6.45, 7) is 4.85. The highest BCUT2D eigenvalue weighted by molar-refractivity contribution is 5.69. The van der Waals surface area contributed by atoms with Gasteiger partial charge in [0.25, 0.3) is 0 Å². The number of likely N-dealkylation sites (tertiary alicyclic amines) is 1. The SMILES string of the molecule is C=CCC1(OC)CCN(C(=O)OCc2ccccc2)C2CC21. The number of carbonyl (C=O) groups is 1. The molecule has 1 heterocycles. The third-order valence-electron chi connectivity index (χ3n) is 4.94. The van der Waals surface area contributed by atoms with Crippen molar-refractivity contribution in [2.45, 2.75) is 37.5 Å². The second kappa shape index (κ2) is 6.13. The van der Waals surface area contributed by atoms with E-state index in [0.717, 1.165) is 24.8 Å². The highest BCUT2D eigenvalue weighted by Gasteiger charge is 2.59. The molecule has 1 aliphatic heterocycles. The standard InChI is InChI=1S/C18H23NO3/c1-3-9-18(21-2)10-11-19(16-12-15(16)18)17(20)22-13-14-7-5-4-6-8-14/h3-8,15-16H,1,9-13H2,2H3. The van der Waals surface area contributed by atoms with E-state index < -0.39 is 0 Å². The van der Waals surface area contributed by atoms with Gasteiger partial charge in [0.1, 0.15) is 6.61 Å². The third kappa shape index (κ3) is 2.75. The third-order valence-corrected chi connectivity index (χ3v) is 4.94. The van der Waals surface area contributed by atoms with Gasteiger partial charge in [-0.2, -0.15) is 0 Å². The van der Waals surface area contributed by atoms with Crippen molar-refractivity contribution < 1.29 is 14.3 Å². The second-order valence-electron chi connectivity index (χ2n) is 6.15. The van der Waals surface area contributed by atoms with Crippen molar-refractivity contribution in [3.05, 3.63) is 48.6 Å². The van der Waals surface area contributed by atoms with Gasteiger partial charge in [-0.25, -0.2) is 4.79 Å². The predicted octanol–water partition coefficient (Wildman–Crippen LogP) is 3.38. The van der Waals surface area contributed by atoms with Gasteiger partial charge < -0.3 is 14.4 Å². The van der Waals surface area contributed by atoms with E-state index in [1.807, 2.05) is 41.3 Å². The molecule has 1 aromatic carbocycles. The molecule has 0 spiro atoms. The first-order valence-electron chi connectivity index (χ1n) is 7.83. The Morgan fingerprint density at radius 1 is 1.45 bits per heavy atom. The van der Waals surface area contributed by atoms with Gasteiger partial charge in [0.15, 0.2) is 0 Å². The summed E-state index contributed by atoms with van der Waals surface area (Å²) in [7, 11) is 1.77. The zero-order valence-electron chi connectivity index (χ0n) is 13.0. The normalized spacial score (nSPS) is 29.6. The van der Waals surface area contributed by atoms with E-state index in [-0.39, 0.29) is 17.7 Å². The summed E-state index contributed by atoms with van der Waals surface area (Å²) in [5.74, 6) is 0.411. The average Bonchev–Trinajstić information content (AvgIpc) is 3.35. The van der Waals surface area contributed by atoms with E-state index >= 15 is 0 Å². The first-order chi connectivity index (χ1) is 10.7. The number of benzene rings is 1. The van der Waals surface area contributed by atoms with E-state index in [2.05, 4.69) is 6.58 Å². The Morgan fingerprint density at radius 2 is 2.23 bits per heavy atom. The second-order valence-corrected chi connectivity index (χ2v) is 6.15. The minimum Gasteiger partial charge on any atom is -0.445 e. The van der Waals surface area contributed by atoms with Gasteiger partial charge >= 0.3 is 6.09 Å². The molecule has 3 unspecified atom stereocenters. The summed E-state index contributed by atoms with van der Waals surface area (Å²) in [5, 5.41) is 0. The zero-order chi connectivity index (χ0) is 15.6. The maximum Gasteiger partial charge on any atom is 0.410 e. The maximum atomic E-state index is 12.3. The molecule has 118 valence electrons. The molecule has 0 aromatic heterocycles. The van der Waals surface area contributed by atoms with E-state index in [1.165, 1.54) is 0 Å². The van der Waals surface area contributed by atoms with Crippen molar-refractivity contribution in [2.75, 3.05) is 13.7 Å². The quantitative estimate of drug-likeness (QED) is 0.783. The molecule has 1 aromatic rings. The number of fused-ring (bicyclic) bond motifs is 1.